The quantitative estimate of drug-likeness (QED) is 0.482. The van der Waals surface area contributed by atoms with Gasteiger partial charge in [0, 0.05) is 42.7 Å². The molecule has 1 aromatic heterocycles. The van der Waals surface area contributed by atoms with Crippen LogP contribution in [0.4, 0.5) is 0 Å². The van der Waals surface area contributed by atoms with Crippen molar-refractivity contribution < 1.29 is 4.79 Å². The predicted molar refractivity (Wildman–Crippen MR) is 143 cm³/mol. The van der Waals surface area contributed by atoms with Crippen LogP contribution < -0.4 is 5.32 Å². The summed E-state index contributed by atoms with van der Waals surface area (Å²) in [6.07, 6.45) is 8.21. The number of fused-ring (bicyclic) bond motifs is 1. The normalized spacial score (nSPS) is 27.1. The molecule has 35 heavy (non-hydrogen) atoms. The third-order valence-electron chi connectivity index (χ3n) is 8.16. The summed E-state index contributed by atoms with van der Waals surface area (Å²) in [5, 5.41) is 5.05. The van der Waals surface area contributed by atoms with Gasteiger partial charge in [-0.1, -0.05) is 62.4 Å². The second kappa shape index (κ2) is 10.9. The van der Waals surface area contributed by atoms with E-state index in [2.05, 4.69) is 83.6 Å². The monoisotopic (exact) mass is 469 g/mol. The van der Waals surface area contributed by atoms with Crippen molar-refractivity contribution in [1.82, 2.24) is 15.2 Å². The lowest BCUT2D eigenvalue weighted by Crippen LogP contribution is -2.53. The van der Waals surface area contributed by atoms with Crippen LogP contribution in [0.5, 0.6) is 0 Å². The van der Waals surface area contributed by atoms with Crippen LogP contribution in [0.2, 0.25) is 0 Å². The highest BCUT2D eigenvalue weighted by molar-refractivity contribution is 5.81. The average Bonchev–Trinajstić information content (AvgIpc) is 2.87. The number of hydrogen-bond donors (Lipinski definition) is 1. The molecular weight excluding hydrogens is 430 g/mol. The van der Waals surface area contributed by atoms with Gasteiger partial charge in [0.1, 0.15) is 0 Å². The van der Waals surface area contributed by atoms with Crippen molar-refractivity contribution >= 4 is 16.8 Å². The van der Waals surface area contributed by atoms with E-state index in [9.17, 15) is 4.79 Å². The van der Waals surface area contributed by atoms with Crippen molar-refractivity contribution in [3.05, 3.63) is 78.0 Å². The minimum absolute atomic E-state index is 0.194. The fourth-order valence-electron chi connectivity index (χ4n) is 6.55. The number of hydrogen-bond acceptors (Lipinski definition) is 3. The first-order valence-electron chi connectivity index (χ1n) is 13.5. The fraction of sp³-hybridized carbons (Fsp3) is 0.484. The first-order chi connectivity index (χ1) is 17.1. The van der Waals surface area contributed by atoms with E-state index in [0.717, 1.165) is 50.7 Å². The van der Waals surface area contributed by atoms with E-state index in [-0.39, 0.29) is 12.0 Å². The second-order valence-electron chi connectivity index (χ2n) is 11.1. The summed E-state index contributed by atoms with van der Waals surface area (Å²) in [6, 6.07) is 21.8. The van der Waals surface area contributed by atoms with Crippen molar-refractivity contribution in [1.29, 1.82) is 0 Å². The van der Waals surface area contributed by atoms with E-state index < -0.39 is 0 Å². The molecule has 4 unspecified atom stereocenters. The number of amides is 1. The van der Waals surface area contributed by atoms with Crippen LogP contribution >= 0.6 is 0 Å². The Morgan fingerprint density at radius 2 is 1.69 bits per heavy atom. The van der Waals surface area contributed by atoms with Crippen molar-refractivity contribution in [2.45, 2.75) is 71.0 Å². The highest BCUT2D eigenvalue weighted by atomic mass is 16.2. The van der Waals surface area contributed by atoms with E-state index in [1.807, 2.05) is 12.3 Å². The lowest BCUT2D eigenvalue weighted by atomic mass is 9.75. The van der Waals surface area contributed by atoms with Gasteiger partial charge in [-0.2, -0.15) is 0 Å². The molecule has 1 N–H and O–H groups in total. The molecule has 3 aromatic rings. The number of pyridine rings is 1. The van der Waals surface area contributed by atoms with Gasteiger partial charge in [-0.3, -0.25) is 9.78 Å². The molecule has 4 atom stereocenters. The number of rotatable bonds is 6. The van der Waals surface area contributed by atoms with Gasteiger partial charge in [0.25, 0.3) is 0 Å². The Morgan fingerprint density at radius 1 is 0.943 bits per heavy atom. The summed E-state index contributed by atoms with van der Waals surface area (Å²) < 4.78 is 0. The summed E-state index contributed by atoms with van der Waals surface area (Å²) in [5.74, 6) is 1.90. The number of piperidine rings is 1. The Bertz CT molecular complexity index is 1120. The summed E-state index contributed by atoms with van der Waals surface area (Å²) in [7, 11) is 0. The summed E-state index contributed by atoms with van der Waals surface area (Å²) in [4.78, 5) is 20.5. The van der Waals surface area contributed by atoms with Crippen molar-refractivity contribution in [2.24, 2.45) is 17.8 Å². The Kier molecular flexibility index (Phi) is 7.48. The Labute approximate surface area is 210 Å². The average molecular weight is 470 g/mol. The maximum Gasteiger partial charge on any atom is 0.225 e. The zero-order valence-electron chi connectivity index (χ0n) is 21.2. The van der Waals surface area contributed by atoms with E-state index in [4.69, 9.17) is 0 Å². The SMILES string of the molecule is CC1CC(C)CC(C(=O)N2CCC(NCc3ccnc4ccccc34)CC2Cc2ccccc2)C1. The number of likely N-dealkylation sites (tertiary alicyclic amines) is 1. The molecular formula is C31H39N3O. The van der Waals surface area contributed by atoms with Gasteiger partial charge in [-0.05, 0) is 73.6 Å². The number of benzene rings is 2. The van der Waals surface area contributed by atoms with Gasteiger partial charge in [-0.25, -0.2) is 0 Å². The third-order valence-corrected chi connectivity index (χ3v) is 8.16. The Hall–Kier alpha value is -2.72. The molecule has 2 heterocycles. The van der Waals surface area contributed by atoms with E-state index in [0.29, 0.717) is 23.8 Å². The highest BCUT2D eigenvalue weighted by Gasteiger charge is 2.37. The second-order valence-corrected chi connectivity index (χ2v) is 11.1. The van der Waals surface area contributed by atoms with Gasteiger partial charge >= 0.3 is 0 Å². The molecule has 184 valence electrons. The zero-order chi connectivity index (χ0) is 24.2. The van der Waals surface area contributed by atoms with E-state index in [1.165, 1.54) is 22.9 Å². The molecule has 1 aliphatic carbocycles. The third kappa shape index (κ3) is 5.75. The number of carbonyl (C=O) groups excluding carboxylic acids is 1. The van der Waals surface area contributed by atoms with Crippen molar-refractivity contribution in [3.63, 3.8) is 0 Å². The van der Waals surface area contributed by atoms with E-state index in [1.54, 1.807) is 0 Å². The lowest BCUT2D eigenvalue weighted by molar-refractivity contribution is -0.141. The van der Waals surface area contributed by atoms with Crippen LogP contribution in [0, 0.1) is 17.8 Å². The molecule has 1 aliphatic heterocycles. The molecule has 4 heteroatoms. The molecule has 2 aliphatic rings. The van der Waals surface area contributed by atoms with Crippen LogP contribution in [0.25, 0.3) is 10.9 Å². The maximum absolute atomic E-state index is 13.8. The molecule has 0 spiro atoms. The summed E-state index contributed by atoms with van der Waals surface area (Å²) >= 11 is 0. The molecule has 1 saturated carbocycles. The maximum atomic E-state index is 13.8. The van der Waals surface area contributed by atoms with Gasteiger partial charge in [0.15, 0.2) is 0 Å². The lowest BCUT2D eigenvalue weighted by Gasteiger charge is -2.43. The molecule has 4 nitrogen and oxygen atoms in total. The Balaban J connectivity index is 1.29. The minimum Gasteiger partial charge on any atom is -0.339 e. The molecule has 1 amide bonds. The summed E-state index contributed by atoms with van der Waals surface area (Å²) in [5.41, 5.74) is 3.66. The number of aromatic nitrogens is 1. The zero-order valence-corrected chi connectivity index (χ0v) is 21.2. The molecule has 2 aromatic carbocycles. The molecule has 1 saturated heterocycles. The molecule has 2 fully saturated rings. The summed E-state index contributed by atoms with van der Waals surface area (Å²) in [6.45, 7) is 6.31. The standard InChI is InChI=1S/C31H39N3O/c1-22-16-23(2)18-26(17-22)31(35)34-15-13-27(20-28(34)19-24-8-4-3-5-9-24)33-21-25-12-14-32-30-11-7-6-10-29(25)30/h3-12,14,22-23,26-28,33H,13,15-21H2,1-2H3. The van der Waals surface area contributed by atoms with Crippen LogP contribution in [0.15, 0.2) is 66.9 Å². The topological polar surface area (TPSA) is 45.2 Å². The Morgan fingerprint density at radius 3 is 2.49 bits per heavy atom. The molecule has 5 rings (SSSR count). The fourth-order valence-corrected chi connectivity index (χ4v) is 6.55. The first-order valence-corrected chi connectivity index (χ1v) is 13.5. The van der Waals surface area contributed by atoms with Crippen LogP contribution in [0.1, 0.15) is 57.1 Å². The van der Waals surface area contributed by atoms with Crippen LogP contribution in [-0.4, -0.2) is 34.4 Å². The first kappa shape index (κ1) is 24.0. The van der Waals surface area contributed by atoms with Gasteiger partial charge < -0.3 is 10.2 Å². The highest BCUT2D eigenvalue weighted by Crippen LogP contribution is 2.35. The largest absolute Gasteiger partial charge is 0.339 e. The minimum atomic E-state index is 0.194. The molecule has 0 radical (unpaired) electrons. The number of para-hydroxylation sites is 1. The van der Waals surface area contributed by atoms with Gasteiger partial charge in [0.05, 0.1) is 5.52 Å². The predicted octanol–water partition coefficient (Wildman–Crippen LogP) is 6.00. The van der Waals surface area contributed by atoms with Crippen LogP contribution in [0.3, 0.4) is 0 Å². The smallest absolute Gasteiger partial charge is 0.225 e. The van der Waals surface area contributed by atoms with Crippen LogP contribution in [-0.2, 0) is 17.8 Å². The number of nitrogens with zero attached hydrogens (tertiary/aromatic N) is 2. The number of carbonyl (C=O) groups is 1. The van der Waals surface area contributed by atoms with Gasteiger partial charge in [-0.15, -0.1) is 0 Å². The van der Waals surface area contributed by atoms with Crippen molar-refractivity contribution in [2.75, 3.05) is 6.54 Å². The molecule has 0 bridgehead atoms. The van der Waals surface area contributed by atoms with Gasteiger partial charge in [0.2, 0.25) is 5.91 Å². The van der Waals surface area contributed by atoms with Crippen molar-refractivity contribution in [3.8, 4) is 0 Å². The van der Waals surface area contributed by atoms with E-state index >= 15 is 0 Å². The number of nitrogens with one attached hydrogen (secondary N) is 1.